The lowest BCUT2D eigenvalue weighted by Gasteiger charge is -2.66. The van der Waals surface area contributed by atoms with Crippen molar-refractivity contribution in [2.45, 2.75) is 57.0 Å². The van der Waals surface area contributed by atoms with Crippen LogP contribution >= 0.6 is 0 Å². The maximum atomic E-state index is 2.70. The fourth-order valence-electron chi connectivity index (χ4n) is 4.80. The zero-order chi connectivity index (χ0) is 9.27. The predicted molar refractivity (Wildman–Crippen MR) is 54.6 cm³/mol. The van der Waals surface area contributed by atoms with Gasteiger partial charge in [-0.2, -0.15) is 0 Å². The fourth-order valence-corrected chi connectivity index (χ4v) is 4.80. The summed E-state index contributed by atoms with van der Waals surface area (Å²) >= 11 is 0. The lowest BCUT2D eigenvalue weighted by molar-refractivity contribution is -0.147. The molecule has 0 atom stereocenters. The Morgan fingerprint density at radius 3 is 1.69 bits per heavy atom. The largest absolute Gasteiger partial charge is 0.296 e. The van der Waals surface area contributed by atoms with E-state index in [0.29, 0.717) is 11.1 Å². The standard InChI is InChI=1S/C12H21N/c1-11-5-9-4-10(6-11)8-12(2,7-9)13(11)3/h9-10H,4-8H2,1-3H3. The number of hydrogen-bond donors (Lipinski definition) is 0. The van der Waals surface area contributed by atoms with Gasteiger partial charge in [0.1, 0.15) is 0 Å². The van der Waals surface area contributed by atoms with Crippen molar-refractivity contribution in [3.8, 4) is 0 Å². The minimum atomic E-state index is 0.554. The van der Waals surface area contributed by atoms with E-state index in [1.54, 1.807) is 6.42 Å². The Morgan fingerprint density at radius 1 is 0.923 bits per heavy atom. The van der Waals surface area contributed by atoms with Crippen LogP contribution < -0.4 is 0 Å². The van der Waals surface area contributed by atoms with E-state index >= 15 is 0 Å². The molecule has 1 heteroatoms. The maximum absolute atomic E-state index is 2.70. The van der Waals surface area contributed by atoms with Crippen molar-refractivity contribution in [2.75, 3.05) is 7.05 Å². The summed E-state index contributed by atoms with van der Waals surface area (Å²) in [5, 5.41) is 0. The minimum absolute atomic E-state index is 0.554. The molecule has 4 aliphatic rings. The second-order valence-electron chi connectivity index (χ2n) is 6.34. The molecule has 13 heavy (non-hydrogen) atoms. The number of rotatable bonds is 0. The van der Waals surface area contributed by atoms with Crippen molar-refractivity contribution in [1.82, 2.24) is 4.90 Å². The highest BCUT2D eigenvalue weighted by Gasteiger charge is 2.56. The van der Waals surface area contributed by atoms with Crippen LogP contribution in [0.3, 0.4) is 0 Å². The molecule has 0 spiro atoms. The Bertz CT molecular complexity index is 210. The molecule has 2 aliphatic heterocycles. The van der Waals surface area contributed by atoms with Crippen molar-refractivity contribution in [2.24, 2.45) is 11.8 Å². The highest BCUT2D eigenvalue weighted by atomic mass is 15.3. The lowest BCUT2D eigenvalue weighted by Crippen LogP contribution is -2.68. The van der Waals surface area contributed by atoms with Gasteiger partial charge in [-0.3, -0.25) is 4.90 Å². The average molecular weight is 179 g/mol. The van der Waals surface area contributed by atoms with Gasteiger partial charge in [-0.05, 0) is 64.8 Å². The van der Waals surface area contributed by atoms with E-state index in [0.717, 1.165) is 11.8 Å². The van der Waals surface area contributed by atoms with Gasteiger partial charge in [-0.15, -0.1) is 0 Å². The molecule has 4 fully saturated rings. The first-order valence-electron chi connectivity index (χ1n) is 5.76. The molecule has 74 valence electrons. The molecule has 4 bridgehead atoms. The first kappa shape index (κ1) is 8.28. The summed E-state index contributed by atoms with van der Waals surface area (Å²) in [6.07, 6.45) is 7.41. The molecule has 2 saturated carbocycles. The van der Waals surface area contributed by atoms with Crippen molar-refractivity contribution in [1.29, 1.82) is 0 Å². The van der Waals surface area contributed by atoms with Crippen LogP contribution in [0.1, 0.15) is 46.0 Å². The SMILES string of the molecule is CN1C2(C)CC3CC(C2)CC1(C)C3. The third-order valence-corrected chi connectivity index (χ3v) is 5.20. The van der Waals surface area contributed by atoms with E-state index in [-0.39, 0.29) is 0 Å². The highest BCUT2D eigenvalue weighted by molar-refractivity contribution is 5.11. The molecular formula is C12H21N. The normalized spacial score (nSPS) is 60.2. The molecule has 1 nitrogen and oxygen atoms in total. The number of hydrogen-bond acceptors (Lipinski definition) is 1. The Balaban J connectivity index is 2.03. The summed E-state index contributed by atoms with van der Waals surface area (Å²) in [4.78, 5) is 2.70. The predicted octanol–water partition coefficient (Wildman–Crippen LogP) is 2.66. The first-order valence-corrected chi connectivity index (χ1v) is 5.76. The van der Waals surface area contributed by atoms with E-state index in [4.69, 9.17) is 0 Å². The van der Waals surface area contributed by atoms with Crippen molar-refractivity contribution in [3.63, 3.8) is 0 Å². The van der Waals surface area contributed by atoms with Crippen molar-refractivity contribution < 1.29 is 0 Å². The number of nitrogens with zero attached hydrogens (tertiary/aromatic N) is 1. The van der Waals surface area contributed by atoms with Gasteiger partial charge < -0.3 is 0 Å². The molecule has 2 saturated heterocycles. The zero-order valence-corrected chi connectivity index (χ0v) is 9.14. The Morgan fingerprint density at radius 2 is 1.31 bits per heavy atom. The summed E-state index contributed by atoms with van der Waals surface area (Å²) in [5.41, 5.74) is 1.11. The van der Waals surface area contributed by atoms with Crippen LogP contribution in [0.25, 0.3) is 0 Å². The third kappa shape index (κ3) is 0.918. The van der Waals surface area contributed by atoms with Gasteiger partial charge in [0.05, 0.1) is 0 Å². The Kier molecular flexibility index (Phi) is 1.36. The van der Waals surface area contributed by atoms with Gasteiger partial charge in [-0.1, -0.05) is 0 Å². The Labute approximate surface area is 81.5 Å². The molecular weight excluding hydrogens is 158 g/mol. The summed E-state index contributed by atoms with van der Waals surface area (Å²) in [6, 6.07) is 0. The first-order chi connectivity index (χ1) is 6.02. The van der Waals surface area contributed by atoms with Gasteiger partial charge in [-0.25, -0.2) is 0 Å². The van der Waals surface area contributed by atoms with Gasteiger partial charge >= 0.3 is 0 Å². The van der Waals surface area contributed by atoms with Crippen LogP contribution in [0.5, 0.6) is 0 Å². The molecule has 2 aliphatic carbocycles. The summed E-state index contributed by atoms with van der Waals surface area (Å²) < 4.78 is 0. The van der Waals surface area contributed by atoms with Crippen LogP contribution in [0.4, 0.5) is 0 Å². The Hall–Kier alpha value is -0.0400. The van der Waals surface area contributed by atoms with Crippen LogP contribution in [-0.4, -0.2) is 23.0 Å². The highest BCUT2D eigenvalue weighted by Crippen LogP contribution is 2.58. The summed E-state index contributed by atoms with van der Waals surface area (Å²) in [5.74, 6) is 2.11. The third-order valence-electron chi connectivity index (χ3n) is 5.20. The van der Waals surface area contributed by atoms with Crippen LogP contribution in [0.2, 0.25) is 0 Å². The quantitative estimate of drug-likeness (QED) is 0.552. The second kappa shape index (κ2) is 2.13. The van der Waals surface area contributed by atoms with E-state index in [1.165, 1.54) is 25.7 Å². The molecule has 2 heterocycles. The molecule has 4 rings (SSSR count). The topological polar surface area (TPSA) is 3.24 Å². The van der Waals surface area contributed by atoms with Gasteiger partial charge in [0.2, 0.25) is 0 Å². The van der Waals surface area contributed by atoms with E-state index < -0.39 is 0 Å². The van der Waals surface area contributed by atoms with E-state index in [9.17, 15) is 0 Å². The molecule has 0 radical (unpaired) electrons. The second-order valence-corrected chi connectivity index (χ2v) is 6.34. The molecule has 0 unspecified atom stereocenters. The molecule has 0 N–H and O–H groups in total. The minimum Gasteiger partial charge on any atom is -0.296 e. The lowest BCUT2D eigenvalue weighted by atomic mass is 9.54. The monoisotopic (exact) mass is 179 g/mol. The van der Waals surface area contributed by atoms with E-state index in [1.807, 2.05) is 0 Å². The summed E-state index contributed by atoms with van der Waals surface area (Å²) in [7, 11) is 2.36. The van der Waals surface area contributed by atoms with Crippen LogP contribution in [0, 0.1) is 11.8 Å². The van der Waals surface area contributed by atoms with Crippen LogP contribution in [-0.2, 0) is 0 Å². The van der Waals surface area contributed by atoms with Gasteiger partial charge in [0.15, 0.2) is 0 Å². The smallest absolute Gasteiger partial charge is 0.0189 e. The fraction of sp³-hybridized carbons (Fsp3) is 1.00. The van der Waals surface area contributed by atoms with Crippen molar-refractivity contribution in [3.05, 3.63) is 0 Å². The summed E-state index contributed by atoms with van der Waals surface area (Å²) in [6.45, 7) is 4.98. The van der Waals surface area contributed by atoms with Crippen molar-refractivity contribution >= 4 is 0 Å². The molecule has 0 amide bonds. The molecule has 0 aromatic carbocycles. The number of piperidine rings is 2. The van der Waals surface area contributed by atoms with Gasteiger partial charge in [0.25, 0.3) is 0 Å². The molecule has 0 aromatic rings. The average Bonchev–Trinajstić information content (AvgIpc) is 1.97. The maximum Gasteiger partial charge on any atom is 0.0189 e. The van der Waals surface area contributed by atoms with Gasteiger partial charge in [0, 0.05) is 11.1 Å². The van der Waals surface area contributed by atoms with E-state index in [2.05, 4.69) is 25.8 Å². The molecule has 0 aromatic heterocycles. The zero-order valence-electron chi connectivity index (χ0n) is 9.14. The van der Waals surface area contributed by atoms with Crippen LogP contribution in [0.15, 0.2) is 0 Å².